The first-order chi connectivity index (χ1) is 11.6. The predicted octanol–water partition coefficient (Wildman–Crippen LogP) is 4.62. The Hall–Kier alpha value is -1.79. The number of nitrogens with zero attached hydrogens (tertiary/aromatic N) is 3. The highest BCUT2D eigenvalue weighted by Gasteiger charge is 2.36. The number of hydrogen-bond donors (Lipinski definition) is 1. The van der Waals surface area contributed by atoms with Gasteiger partial charge in [-0.1, -0.05) is 28.4 Å². The van der Waals surface area contributed by atoms with Crippen molar-refractivity contribution >= 4 is 34.9 Å². The van der Waals surface area contributed by atoms with Gasteiger partial charge in [0.1, 0.15) is 6.04 Å². The van der Waals surface area contributed by atoms with Crippen LogP contribution in [0.2, 0.25) is 10.0 Å². The molecule has 1 aliphatic heterocycles. The van der Waals surface area contributed by atoms with Crippen molar-refractivity contribution in [2.24, 2.45) is 0 Å². The number of nitrogens with one attached hydrogen (secondary N) is 1. The van der Waals surface area contributed by atoms with Crippen LogP contribution >= 0.6 is 23.2 Å². The van der Waals surface area contributed by atoms with E-state index in [9.17, 15) is 4.79 Å². The van der Waals surface area contributed by atoms with Crippen molar-refractivity contribution in [3.63, 3.8) is 0 Å². The first-order valence-electron chi connectivity index (χ1n) is 7.98. The summed E-state index contributed by atoms with van der Waals surface area (Å²) in [4.78, 5) is 18.8. The van der Waals surface area contributed by atoms with Crippen molar-refractivity contribution in [1.82, 2.24) is 15.0 Å². The quantitative estimate of drug-likeness (QED) is 0.859. The molecule has 2 heterocycles. The molecule has 126 valence electrons. The van der Waals surface area contributed by atoms with Gasteiger partial charge in [-0.25, -0.2) is 4.79 Å². The first kappa shape index (κ1) is 15.7. The number of urea groups is 1. The maximum absolute atomic E-state index is 12.6. The molecule has 24 heavy (non-hydrogen) atoms. The van der Waals surface area contributed by atoms with Crippen molar-refractivity contribution in [2.45, 2.75) is 37.6 Å². The molecule has 1 unspecified atom stereocenters. The fraction of sp³-hybridized carbons (Fsp3) is 0.438. The van der Waals surface area contributed by atoms with Crippen LogP contribution in [0.1, 0.15) is 49.4 Å². The molecule has 1 saturated carbocycles. The van der Waals surface area contributed by atoms with Gasteiger partial charge >= 0.3 is 6.03 Å². The van der Waals surface area contributed by atoms with Crippen LogP contribution in [0.5, 0.6) is 0 Å². The Labute approximate surface area is 149 Å². The van der Waals surface area contributed by atoms with Crippen LogP contribution in [0.4, 0.5) is 10.5 Å². The monoisotopic (exact) mass is 366 g/mol. The van der Waals surface area contributed by atoms with E-state index in [0.29, 0.717) is 34.1 Å². The summed E-state index contributed by atoms with van der Waals surface area (Å²) in [6.07, 6.45) is 3.96. The summed E-state index contributed by atoms with van der Waals surface area (Å²) in [5.41, 5.74) is 0.601. The van der Waals surface area contributed by atoms with Gasteiger partial charge in [0.15, 0.2) is 5.82 Å². The van der Waals surface area contributed by atoms with Gasteiger partial charge in [-0.15, -0.1) is 0 Å². The Morgan fingerprint density at radius 3 is 2.83 bits per heavy atom. The van der Waals surface area contributed by atoms with Gasteiger partial charge in [0.25, 0.3) is 0 Å². The molecule has 6 nitrogen and oxygen atoms in total. The van der Waals surface area contributed by atoms with Gasteiger partial charge in [-0.3, -0.25) is 0 Å². The highest BCUT2D eigenvalue weighted by Crippen LogP contribution is 2.40. The van der Waals surface area contributed by atoms with Crippen LogP contribution in [0.15, 0.2) is 22.7 Å². The molecule has 2 aliphatic rings. The number of rotatable bonds is 3. The summed E-state index contributed by atoms with van der Waals surface area (Å²) in [6, 6.07) is 4.62. The van der Waals surface area contributed by atoms with Gasteiger partial charge in [0.05, 0.1) is 10.0 Å². The molecular formula is C16H16Cl2N4O2. The van der Waals surface area contributed by atoms with Gasteiger partial charge in [0.2, 0.25) is 5.89 Å². The molecule has 1 N–H and O–H groups in total. The van der Waals surface area contributed by atoms with Crippen LogP contribution < -0.4 is 5.32 Å². The minimum atomic E-state index is -0.206. The molecule has 2 amide bonds. The van der Waals surface area contributed by atoms with E-state index >= 15 is 0 Å². The second kappa shape index (κ2) is 6.26. The normalized spacial score (nSPS) is 20.4. The van der Waals surface area contributed by atoms with E-state index in [0.717, 1.165) is 31.5 Å². The summed E-state index contributed by atoms with van der Waals surface area (Å²) in [5, 5.41) is 7.75. The van der Waals surface area contributed by atoms with Crippen LogP contribution in [0.3, 0.4) is 0 Å². The van der Waals surface area contributed by atoms with Crippen molar-refractivity contribution in [2.75, 3.05) is 11.9 Å². The van der Waals surface area contributed by atoms with E-state index in [-0.39, 0.29) is 12.1 Å². The molecule has 1 atom stereocenters. The number of benzene rings is 1. The lowest BCUT2D eigenvalue weighted by Crippen LogP contribution is -2.34. The highest BCUT2D eigenvalue weighted by molar-refractivity contribution is 6.42. The number of amides is 2. The molecule has 1 aromatic carbocycles. The van der Waals surface area contributed by atoms with E-state index in [1.165, 1.54) is 0 Å². The van der Waals surface area contributed by atoms with Crippen molar-refractivity contribution < 1.29 is 9.32 Å². The minimum absolute atomic E-state index is 0.173. The summed E-state index contributed by atoms with van der Waals surface area (Å²) in [5.74, 6) is 1.72. The molecule has 2 fully saturated rings. The first-order valence-corrected chi connectivity index (χ1v) is 8.73. The number of aromatic nitrogens is 2. The molecular weight excluding hydrogens is 351 g/mol. The lowest BCUT2D eigenvalue weighted by Gasteiger charge is -2.22. The molecule has 8 heteroatoms. The van der Waals surface area contributed by atoms with Crippen molar-refractivity contribution in [3.05, 3.63) is 40.0 Å². The smallest absolute Gasteiger partial charge is 0.322 e. The second-order valence-electron chi connectivity index (χ2n) is 6.18. The van der Waals surface area contributed by atoms with Crippen LogP contribution in [-0.4, -0.2) is 27.6 Å². The molecule has 4 rings (SSSR count). The number of likely N-dealkylation sites (tertiary alicyclic amines) is 1. The van der Waals surface area contributed by atoms with Crippen LogP contribution in [0, 0.1) is 0 Å². The zero-order valence-corrected chi connectivity index (χ0v) is 14.3. The predicted molar refractivity (Wildman–Crippen MR) is 90.4 cm³/mol. The Morgan fingerprint density at radius 2 is 2.08 bits per heavy atom. The fourth-order valence-corrected chi connectivity index (χ4v) is 3.22. The van der Waals surface area contributed by atoms with Crippen LogP contribution in [-0.2, 0) is 0 Å². The van der Waals surface area contributed by atoms with E-state index in [1.54, 1.807) is 23.1 Å². The molecule has 1 saturated heterocycles. The van der Waals surface area contributed by atoms with Gasteiger partial charge in [-0.05, 0) is 43.9 Å². The SMILES string of the molecule is O=C(Nc1ccc(Cl)c(Cl)c1)N1CCCC1c1nc(C2CC2)no1. The van der Waals surface area contributed by atoms with Gasteiger partial charge in [0, 0.05) is 18.2 Å². The molecule has 1 aliphatic carbocycles. The Morgan fingerprint density at radius 1 is 1.25 bits per heavy atom. The van der Waals surface area contributed by atoms with Crippen molar-refractivity contribution in [3.8, 4) is 0 Å². The van der Waals surface area contributed by atoms with E-state index < -0.39 is 0 Å². The van der Waals surface area contributed by atoms with Gasteiger partial charge in [-0.2, -0.15) is 4.98 Å². The Kier molecular flexibility index (Phi) is 4.10. The third-order valence-corrected chi connectivity index (χ3v) is 5.11. The summed E-state index contributed by atoms with van der Waals surface area (Å²) < 4.78 is 5.39. The maximum Gasteiger partial charge on any atom is 0.322 e. The second-order valence-corrected chi connectivity index (χ2v) is 6.99. The molecule has 1 aromatic heterocycles. The van der Waals surface area contributed by atoms with E-state index in [1.807, 2.05) is 0 Å². The zero-order chi connectivity index (χ0) is 16.7. The third kappa shape index (κ3) is 3.08. The molecule has 0 spiro atoms. The zero-order valence-electron chi connectivity index (χ0n) is 12.8. The minimum Gasteiger partial charge on any atom is -0.337 e. The Bertz CT molecular complexity index is 775. The molecule has 0 radical (unpaired) electrons. The van der Waals surface area contributed by atoms with Crippen LogP contribution in [0.25, 0.3) is 0 Å². The van der Waals surface area contributed by atoms with E-state index in [4.69, 9.17) is 27.7 Å². The standard InChI is InChI=1S/C16H16Cl2N4O2/c17-11-6-5-10(8-12(11)18)19-16(23)22-7-1-2-13(22)15-20-14(21-24-15)9-3-4-9/h5-6,8-9,13H,1-4,7H2,(H,19,23). The lowest BCUT2D eigenvalue weighted by molar-refractivity contribution is 0.193. The number of anilines is 1. The average molecular weight is 367 g/mol. The highest BCUT2D eigenvalue weighted by atomic mass is 35.5. The topological polar surface area (TPSA) is 71.3 Å². The number of carbonyl (C=O) groups is 1. The maximum atomic E-state index is 12.6. The number of halogens is 2. The fourth-order valence-electron chi connectivity index (χ4n) is 2.93. The summed E-state index contributed by atoms with van der Waals surface area (Å²) in [7, 11) is 0. The van der Waals surface area contributed by atoms with Crippen molar-refractivity contribution in [1.29, 1.82) is 0 Å². The molecule has 2 aromatic rings. The van der Waals surface area contributed by atoms with E-state index in [2.05, 4.69) is 15.5 Å². The lowest BCUT2D eigenvalue weighted by atomic mass is 10.2. The summed E-state index contributed by atoms with van der Waals surface area (Å²) >= 11 is 11.9. The Balaban J connectivity index is 1.48. The van der Waals surface area contributed by atoms with Gasteiger partial charge < -0.3 is 14.7 Å². The summed E-state index contributed by atoms with van der Waals surface area (Å²) in [6.45, 7) is 0.652. The average Bonchev–Trinajstić information content (AvgIpc) is 3.11. The largest absolute Gasteiger partial charge is 0.337 e. The number of carbonyl (C=O) groups excluding carboxylic acids is 1. The third-order valence-electron chi connectivity index (χ3n) is 4.37. The molecule has 0 bridgehead atoms. The number of hydrogen-bond acceptors (Lipinski definition) is 4.